The maximum absolute atomic E-state index is 4.67. The number of hydrogen-bond acceptors (Lipinski definition) is 5. The zero-order valence-electron chi connectivity index (χ0n) is 12.8. The highest BCUT2D eigenvalue weighted by atomic mass is 32.1. The number of thiazole rings is 1. The second kappa shape index (κ2) is 5.93. The van der Waals surface area contributed by atoms with Gasteiger partial charge < -0.3 is 14.8 Å². The number of aryl methyl sites for hydroxylation is 1. The summed E-state index contributed by atoms with van der Waals surface area (Å²) in [5.41, 5.74) is 1.20. The van der Waals surface area contributed by atoms with Crippen molar-refractivity contribution in [2.45, 2.75) is 39.4 Å². The maximum Gasteiger partial charge on any atom is 0.185 e. The average Bonchev–Trinajstić information content (AvgIpc) is 2.96. The van der Waals surface area contributed by atoms with Crippen LogP contribution in [0.25, 0.3) is 0 Å². The molecule has 20 heavy (non-hydrogen) atoms. The van der Waals surface area contributed by atoms with E-state index in [1.54, 1.807) is 11.3 Å². The van der Waals surface area contributed by atoms with E-state index in [4.69, 9.17) is 0 Å². The fourth-order valence-corrected chi connectivity index (χ4v) is 2.53. The molecule has 0 saturated heterocycles. The van der Waals surface area contributed by atoms with Crippen LogP contribution in [-0.2, 0) is 20.1 Å². The lowest BCUT2D eigenvalue weighted by Crippen LogP contribution is -2.35. The van der Waals surface area contributed by atoms with Crippen molar-refractivity contribution in [3.63, 3.8) is 0 Å². The summed E-state index contributed by atoms with van der Waals surface area (Å²) >= 11 is 1.67. The minimum atomic E-state index is 0.114. The molecule has 6 heteroatoms. The topological polar surface area (TPSA) is 46.0 Å². The number of rotatable bonds is 5. The Labute approximate surface area is 124 Å². The molecule has 2 aromatic rings. The van der Waals surface area contributed by atoms with Gasteiger partial charge in [-0.3, -0.25) is 0 Å². The molecule has 2 heterocycles. The molecule has 1 N–H and O–H groups in total. The van der Waals surface area contributed by atoms with Gasteiger partial charge in [-0.25, -0.2) is 9.97 Å². The highest BCUT2D eigenvalue weighted by molar-refractivity contribution is 7.13. The van der Waals surface area contributed by atoms with E-state index in [1.165, 1.54) is 0 Å². The summed E-state index contributed by atoms with van der Waals surface area (Å²) in [4.78, 5) is 11.1. The van der Waals surface area contributed by atoms with Gasteiger partial charge in [0, 0.05) is 44.0 Å². The Bertz CT molecular complexity index is 552. The van der Waals surface area contributed by atoms with Gasteiger partial charge in [-0.15, -0.1) is 11.3 Å². The summed E-state index contributed by atoms with van der Waals surface area (Å²) in [6.07, 6.45) is 3.79. The summed E-state index contributed by atoms with van der Waals surface area (Å²) in [5.74, 6) is 1.04. The van der Waals surface area contributed by atoms with E-state index in [0.717, 1.165) is 29.7 Å². The first-order valence-corrected chi connectivity index (χ1v) is 7.60. The Hall–Kier alpha value is -1.40. The van der Waals surface area contributed by atoms with Crippen LogP contribution in [0.2, 0.25) is 0 Å². The van der Waals surface area contributed by atoms with Gasteiger partial charge >= 0.3 is 0 Å². The molecule has 0 fully saturated rings. The van der Waals surface area contributed by atoms with E-state index >= 15 is 0 Å². The molecule has 0 atom stereocenters. The lowest BCUT2D eigenvalue weighted by molar-refractivity contribution is 0.422. The van der Waals surface area contributed by atoms with Gasteiger partial charge in [0.2, 0.25) is 0 Å². The molecule has 0 aliphatic carbocycles. The average molecular weight is 293 g/mol. The Morgan fingerprint density at radius 1 is 1.40 bits per heavy atom. The van der Waals surface area contributed by atoms with Crippen molar-refractivity contribution in [2.24, 2.45) is 7.05 Å². The number of anilines is 1. The van der Waals surface area contributed by atoms with Crippen molar-refractivity contribution in [1.29, 1.82) is 0 Å². The van der Waals surface area contributed by atoms with Crippen LogP contribution < -0.4 is 10.2 Å². The largest absolute Gasteiger partial charge is 0.344 e. The summed E-state index contributed by atoms with van der Waals surface area (Å²) in [6.45, 7) is 8.05. The molecule has 0 spiro atoms. The highest BCUT2D eigenvalue weighted by Crippen LogP contribution is 2.21. The van der Waals surface area contributed by atoms with Crippen LogP contribution in [0, 0.1) is 0 Å². The van der Waals surface area contributed by atoms with Gasteiger partial charge in [0.15, 0.2) is 5.13 Å². The molecule has 0 saturated carbocycles. The first kappa shape index (κ1) is 15.0. The summed E-state index contributed by atoms with van der Waals surface area (Å²) in [5, 5.41) is 6.59. The number of nitrogens with zero attached hydrogens (tertiary/aromatic N) is 4. The van der Waals surface area contributed by atoms with Crippen LogP contribution in [0.15, 0.2) is 17.8 Å². The number of nitrogens with one attached hydrogen (secondary N) is 1. The van der Waals surface area contributed by atoms with Gasteiger partial charge in [-0.1, -0.05) is 0 Å². The van der Waals surface area contributed by atoms with E-state index in [-0.39, 0.29) is 5.54 Å². The SMILES string of the molecule is CN(Cc1nccn1C)c1nc(CNC(C)(C)C)cs1. The Kier molecular flexibility index (Phi) is 4.45. The molecule has 0 bridgehead atoms. The zero-order valence-corrected chi connectivity index (χ0v) is 13.7. The molecule has 0 aromatic carbocycles. The van der Waals surface area contributed by atoms with Crippen LogP contribution in [0.3, 0.4) is 0 Å². The highest BCUT2D eigenvalue weighted by Gasteiger charge is 2.12. The van der Waals surface area contributed by atoms with Gasteiger partial charge in [-0.05, 0) is 20.8 Å². The first-order valence-electron chi connectivity index (χ1n) is 6.72. The molecule has 2 rings (SSSR count). The molecule has 0 unspecified atom stereocenters. The summed E-state index contributed by atoms with van der Waals surface area (Å²) in [7, 11) is 4.06. The van der Waals surface area contributed by atoms with Crippen molar-refractivity contribution >= 4 is 16.5 Å². The third-order valence-corrected chi connectivity index (χ3v) is 3.97. The van der Waals surface area contributed by atoms with Gasteiger partial charge in [-0.2, -0.15) is 0 Å². The molecular formula is C14H23N5S. The zero-order chi connectivity index (χ0) is 14.8. The van der Waals surface area contributed by atoms with Crippen LogP contribution in [0.4, 0.5) is 5.13 Å². The summed E-state index contributed by atoms with van der Waals surface area (Å²) in [6, 6.07) is 0. The van der Waals surface area contributed by atoms with Crippen molar-refractivity contribution < 1.29 is 0 Å². The Balaban J connectivity index is 1.96. The molecule has 0 radical (unpaired) electrons. The van der Waals surface area contributed by atoms with Gasteiger partial charge in [0.25, 0.3) is 0 Å². The van der Waals surface area contributed by atoms with Crippen molar-refractivity contribution in [2.75, 3.05) is 11.9 Å². The second-order valence-electron chi connectivity index (χ2n) is 6.04. The fourth-order valence-electron chi connectivity index (χ4n) is 1.74. The second-order valence-corrected chi connectivity index (χ2v) is 6.87. The smallest absolute Gasteiger partial charge is 0.185 e. The first-order chi connectivity index (χ1) is 9.35. The molecule has 0 aliphatic rings. The van der Waals surface area contributed by atoms with Crippen LogP contribution in [0.5, 0.6) is 0 Å². The molecule has 5 nitrogen and oxygen atoms in total. The molecule has 0 amide bonds. The minimum absolute atomic E-state index is 0.114. The molecule has 0 aliphatic heterocycles. The molecular weight excluding hydrogens is 270 g/mol. The third kappa shape index (κ3) is 4.05. The minimum Gasteiger partial charge on any atom is -0.344 e. The number of aromatic nitrogens is 3. The third-order valence-electron chi connectivity index (χ3n) is 2.97. The standard InChI is InChI=1S/C14H23N5S/c1-14(2,3)16-8-11-10-20-13(17-11)19(5)9-12-15-6-7-18(12)4/h6-7,10,16H,8-9H2,1-5H3. The molecule has 2 aromatic heterocycles. The lowest BCUT2D eigenvalue weighted by Gasteiger charge is -2.19. The Morgan fingerprint density at radius 3 is 2.75 bits per heavy atom. The van der Waals surface area contributed by atoms with Crippen LogP contribution >= 0.6 is 11.3 Å². The number of imidazole rings is 1. The van der Waals surface area contributed by atoms with E-state index < -0.39 is 0 Å². The predicted octanol–water partition coefficient (Wildman–Crippen LogP) is 2.40. The van der Waals surface area contributed by atoms with Crippen LogP contribution in [-0.4, -0.2) is 27.1 Å². The van der Waals surface area contributed by atoms with Gasteiger partial charge in [0.05, 0.1) is 12.2 Å². The van der Waals surface area contributed by atoms with Crippen molar-refractivity contribution in [3.05, 3.63) is 29.3 Å². The van der Waals surface area contributed by atoms with E-state index in [9.17, 15) is 0 Å². The summed E-state index contributed by atoms with van der Waals surface area (Å²) < 4.78 is 2.03. The quantitative estimate of drug-likeness (QED) is 0.919. The fraction of sp³-hybridized carbons (Fsp3) is 0.571. The number of hydrogen-bond donors (Lipinski definition) is 1. The maximum atomic E-state index is 4.67. The van der Waals surface area contributed by atoms with Crippen LogP contribution in [0.1, 0.15) is 32.3 Å². The van der Waals surface area contributed by atoms with Crippen molar-refractivity contribution in [3.8, 4) is 0 Å². The lowest BCUT2D eigenvalue weighted by atomic mass is 10.1. The Morgan fingerprint density at radius 2 is 2.15 bits per heavy atom. The normalized spacial score (nSPS) is 11.8. The predicted molar refractivity (Wildman–Crippen MR) is 84.0 cm³/mol. The monoisotopic (exact) mass is 293 g/mol. The van der Waals surface area contributed by atoms with E-state index in [0.29, 0.717) is 0 Å². The van der Waals surface area contributed by atoms with E-state index in [1.807, 2.05) is 24.0 Å². The van der Waals surface area contributed by atoms with Gasteiger partial charge in [0.1, 0.15) is 5.82 Å². The molecule has 110 valence electrons. The van der Waals surface area contributed by atoms with E-state index in [2.05, 4.69) is 53.4 Å². The van der Waals surface area contributed by atoms with Crippen molar-refractivity contribution in [1.82, 2.24) is 19.9 Å².